The van der Waals surface area contributed by atoms with E-state index in [9.17, 15) is 4.79 Å². The second-order valence-corrected chi connectivity index (χ2v) is 7.07. The van der Waals surface area contributed by atoms with Crippen LogP contribution in [0.2, 0.25) is 0 Å². The Balaban J connectivity index is 1.80. The summed E-state index contributed by atoms with van der Waals surface area (Å²) in [7, 11) is 1.70. The van der Waals surface area contributed by atoms with Crippen molar-refractivity contribution in [3.63, 3.8) is 0 Å². The fraction of sp³-hybridized carbons (Fsp3) is 0.450. The Kier molecular flexibility index (Phi) is 3.74. The third-order valence-electron chi connectivity index (χ3n) is 5.83. The van der Waals surface area contributed by atoms with E-state index in [1.54, 1.807) is 7.05 Å². The molecule has 2 aliphatic rings. The average molecular weight is 338 g/mol. The number of likely N-dealkylation sites (tertiary alicyclic amines) is 1. The molecule has 132 valence electrons. The molecule has 1 saturated heterocycles. The highest BCUT2D eigenvalue weighted by Gasteiger charge is 2.46. The Morgan fingerprint density at radius 2 is 1.96 bits per heavy atom. The van der Waals surface area contributed by atoms with Gasteiger partial charge in [0.2, 0.25) is 0 Å². The lowest BCUT2D eigenvalue weighted by molar-refractivity contribution is 0.152. The summed E-state index contributed by atoms with van der Waals surface area (Å²) in [6, 6.07) is 11.1. The molecule has 2 aliphatic heterocycles. The number of carbonyl (C=O) groups excluding carboxylic acids is 1. The fourth-order valence-electron chi connectivity index (χ4n) is 4.63. The normalized spacial score (nSPS) is 18.0. The van der Waals surface area contributed by atoms with Crippen LogP contribution in [0, 0.1) is 6.92 Å². The third-order valence-corrected chi connectivity index (χ3v) is 5.83. The van der Waals surface area contributed by atoms with E-state index in [1.807, 2.05) is 4.90 Å². The van der Waals surface area contributed by atoms with Crippen LogP contribution in [-0.4, -0.2) is 42.2 Å². The van der Waals surface area contributed by atoms with Crippen molar-refractivity contribution in [1.82, 2.24) is 14.8 Å². The fourth-order valence-corrected chi connectivity index (χ4v) is 4.63. The molecular formula is C20H26N4O. The van der Waals surface area contributed by atoms with Gasteiger partial charge in [0.15, 0.2) is 0 Å². The first-order valence-electron chi connectivity index (χ1n) is 9.14. The van der Waals surface area contributed by atoms with Crippen LogP contribution >= 0.6 is 0 Å². The number of nitrogens with one attached hydrogen (secondary N) is 1. The first kappa shape index (κ1) is 16.1. The van der Waals surface area contributed by atoms with Crippen molar-refractivity contribution in [3.8, 4) is 5.69 Å². The maximum absolute atomic E-state index is 12.0. The van der Waals surface area contributed by atoms with Crippen molar-refractivity contribution in [2.45, 2.75) is 32.2 Å². The van der Waals surface area contributed by atoms with Crippen LogP contribution in [0.1, 0.15) is 31.0 Å². The summed E-state index contributed by atoms with van der Waals surface area (Å²) < 4.78 is 2.34. The average Bonchev–Trinajstić information content (AvgIpc) is 3.12. The van der Waals surface area contributed by atoms with Gasteiger partial charge in [-0.15, -0.1) is 0 Å². The number of benzene rings is 1. The molecule has 0 radical (unpaired) electrons. The summed E-state index contributed by atoms with van der Waals surface area (Å²) in [5.41, 5.74) is 5.16. The minimum atomic E-state index is -0.0381. The molecule has 1 fully saturated rings. The molecule has 0 atom stereocenters. The molecule has 1 aromatic carbocycles. The molecule has 3 heterocycles. The summed E-state index contributed by atoms with van der Waals surface area (Å²) in [5.74, 6) is 0. The van der Waals surface area contributed by atoms with Gasteiger partial charge in [-0.3, -0.25) is 0 Å². The Morgan fingerprint density at radius 3 is 2.64 bits per heavy atom. The van der Waals surface area contributed by atoms with E-state index in [-0.39, 0.29) is 11.6 Å². The van der Waals surface area contributed by atoms with Gasteiger partial charge in [0.05, 0.1) is 16.9 Å². The van der Waals surface area contributed by atoms with Gasteiger partial charge in [-0.05, 0) is 56.5 Å². The minimum Gasteiger partial charge on any atom is -0.359 e. The Labute approximate surface area is 149 Å². The zero-order valence-corrected chi connectivity index (χ0v) is 15.2. The van der Waals surface area contributed by atoms with Crippen LogP contribution in [0.25, 0.3) is 5.69 Å². The van der Waals surface area contributed by atoms with Crippen LogP contribution in [0.3, 0.4) is 0 Å². The molecule has 25 heavy (non-hydrogen) atoms. The zero-order chi connectivity index (χ0) is 17.6. The van der Waals surface area contributed by atoms with Gasteiger partial charge in [-0.2, -0.15) is 0 Å². The molecule has 0 saturated carbocycles. The van der Waals surface area contributed by atoms with Crippen molar-refractivity contribution in [1.29, 1.82) is 0 Å². The third kappa shape index (κ3) is 2.25. The van der Waals surface area contributed by atoms with Gasteiger partial charge in [0.1, 0.15) is 0 Å². The highest BCUT2D eigenvalue weighted by Crippen LogP contribution is 2.48. The highest BCUT2D eigenvalue weighted by atomic mass is 16.2. The largest absolute Gasteiger partial charge is 0.359 e. The van der Waals surface area contributed by atoms with E-state index in [1.165, 1.54) is 22.6 Å². The predicted octanol–water partition coefficient (Wildman–Crippen LogP) is 3.26. The maximum atomic E-state index is 12.0. The van der Waals surface area contributed by atoms with E-state index in [0.29, 0.717) is 0 Å². The predicted molar refractivity (Wildman–Crippen MR) is 100 cm³/mol. The number of aromatic nitrogens is 1. The molecule has 2 aromatic rings. The molecule has 0 aliphatic carbocycles. The van der Waals surface area contributed by atoms with Crippen molar-refractivity contribution < 1.29 is 4.79 Å². The second-order valence-electron chi connectivity index (χ2n) is 7.07. The standard InChI is InChI=1S/C20H26N4O/c1-4-24-17-14-15(2)7-8-16(17)23-11-5-6-18(23)20(24)9-12-22(13-10-20)19(25)21-3/h5-8,11,14H,4,9-10,12-13H2,1-3H3,(H,21,25). The number of nitrogens with zero attached hydrogens (tertiary/aromatic N) is 3. The highest BCUT2D eigenvalue weighted by molar-refractivity contribution is 5.74. The summed E-state index contributed by atoms with van der Waals surface area (Å²) >= 11 is 0. The number of hydrogen-bond donors (Lipinski definition) is 1. The van der Waals surface area contributed by atoms with E-state index < -0.39 is 0 Å². The topological polar surface area (TPSA) is 40.5 Å². The number of rotatable bonds is 1. The molecule has 5 nitrogen and oxygen atoms in total. The Morgan fingerprint density at radius 1 is 1.20 bits per heavy atom. The van der Waals surface area contributed by atoms with Crippen LogP contribution in [-0.2, 0) is 5.54 Å². The van der Waals surface area contributed by atoms with Crippen molar-refractivity contribution in [2.24, 2.45) is 0 Å². The molecule has 4 rings (SSSR count). The van der Waals surface area contributed by atoms with Gasteiger partial charge in [0.25, 0.3) is 0 Å². The zero-order valence-electron chi connectivity index (χ0n) is 15.2. The summed E-state index contributed by atoms with van der Waals surface area (Å²) in [6.45, 7) is 6.91. The summed E-state index contributed by atoms with van der Waals surface area (Å²) in [4.78, 5) is 16.5. The van der Waals surface area contributed by atoms with E-state index in [0.717, 1.165) is 32.5 Å². The first-order chi connectivity index (χ1) is 12.1. The van der Waals surface area contributed by atoms with Gasteiger partial charge in [-0.25, -0.2) is 4.79 Å². The molecule has 5 heteroatoms. The lowest BCUT2D eigenvalue weighted by atomic mass is 9.80. The number of anilines is 1. The van der Waals surface area contributed by atoms with Crippen molar-refractivity contribution in [3.05, 3.63) is 47.8 Å². The lowest BCUT2D eigenvalue weighted by Crippen LogP contribution is -2.57. The molecule has 0 unspecified atom stereocenters. The maximum Gasteiger partial charge on any atom is 0.317 e. The van der Waals surface area contributed by atoms with E-state index in [4.69, 9.17) is 0 Å². The molecule has 1 N–H and O–H groups in total. The molecule has 1 aromatic heterocycles. The van der Waals surface area contributed by atoms with Crippen molar-refractivity contribution in [2.75, 3.05) is 31.6 Å². The number of piperidine rings is 1. The van der Waals surface area contributed by atoms with Gasteiger partial charge >= 0.3 is 6.03 Å². The first-order valence-corrected chi connectivity index (χ1v) is 9.14. The SMILES string of the molecule is CCN1c2cc(C)ccc2-n2cccc2C12CCN(C(=O)NC)CC2. The quantitative estimate of drug-likeness (QED) is 0.867. The van der Waals surface area contributed by atoms with Crippen LogP contribution in [0.5, 0.6) is 0 Å². The van der Waals surface area contributed by atoms with Crippen LogP contribution in [0.15, 0.2) is 36.5 Å². The lowest BCUT2D eigenvalue weighted by Gasteiger charge is -2.53. The van der Waals surface area contributed by atoms with Gasteiger partial charge < -0.3 is 19.7 Å². The number of fused-ring (bicyclic) bond motifs is 4. The monoisotopic (exact) mass is 338 g/mol. The molecule has 1 spiro atoms. The number of hydrogen-bond acceptors (Lipinski definition) is 2. The number of urea groups is 1. The molecule has 2 amide bonds. The van der Waals surface area contributed by atoms with Crippen molar-refractivity contribution >= 4 is 11.7 Å². The number of carbonyl (C=O) groups is 1. The van der Waals surface area contributed by atoms with Gasteiger partial charge in [-0.1, -0.05) is 6.07 Å². The molecular weight excluding hydrogens is 312 g/mol. The Hall–Kier alpha value is -2.43. The number of aryl methyl sites for hydroxylation is 1. The Bertz CT molecular complexity index is 802. The smallest absolute Gasteiger partial charge is 0.317 e. The summed E-state index contributed by atoms with van der Waals surface area (Å²) in [5, 5.41) is 2.76. The van der Waals surface area contributed by atoms with E-state index >= 15 is 0 Å². The molecule has 0 bridgehead atoms. The van der Waals surface area contributed by atoms with Gasteiger partial charge in [0, 0.05) is 38.6 Å². The van der Waals surface area contributed by atoms with Crippen LogP contribution in [0.4, 0.5) is 10.5 Å². The minimum absolute atomic E-state index is 0.0281. The van der Waals surface area contributed by atoms with Crippen LogP contribution < -0.4 is 10.2 Å². The number of amides is 2. The second kappa shape index (κ2) is 5.83. The van der Waals surface area contributed by atoms with E-state index in [2.05, 4.69) is 65.2 Å². The summed E-state index contributed by atoms with van der Waals surface area (Å²) in [6.07, 6.45) is 4.07.